The van der Waals surface area contributed by atoms with Crippen molar-refractivity contribution in [2.24, 2.45) is 0 Å². The molecule has 3 aromatic carbocycles. The van der Waals surface area contributed by atoms with Gasteiger partial charge < -0.3 is 9.80 Å². The summed E-state index contributed by atoms with van der Waals surface area (Å²) in [4.78, 5) is 13.8. The quantitative estimate of drug-likeness (QED) is 0.465. The Kier molecular flexibility index (Phi) is 5.57. The van der Waals surface area contributed by atoms with Crippen molar-refractivity contribution in [1.82, 2.24) is 9.97 Å². The molecule has 0 atom stereocenters. The standard InChI is InChI=1S/C22H20N4.ClH/c1-25(17-11-5-3-6-12-17)21-19-15-9-10-16-20(19)23-22(24-21)26(2)18-13-7-4-8-14-18;/h3-16H,1-2H3;1H. The molecule has 0 saturated carbocycles. The van der Waals surface area contributed by atoms with E-state index in [1.165, 1.54) is 0 Å². The van der Waals surface area contributed by atoms with Gasteiger partial charge in [-0.3, -0.25) is 0 Å². The van der Waals surface area contributed by atoms with E-state index >= 15 is 0 Å². The summed E-state index contributed by atoms with van der Waals surface area (Å²) in [6.45, 7) is 0. The fraction of sp³-hybridized carbons (Fsp3) is 0.0909. The third-order valence-corrected chi connectivity index (χ3v) is 4.48. The van der Waals surface area contributed by atoms with Gasteiger partial charge in [0.15, 0.2) is 0 Å². The van der Waals surface area contributed by atoms with Gasteiger partial charge in [0.1, 0.15) is 5.82 Å². The van der Waals surface area contributed by atoms with Crippen molar-refractivity contribution < 1.29 is 0 Å². The summed E-state index contributed by atoms with van der Waals surface area (Å²) in [5.41, 5.74) is 3.07. The van der Waals surface area contributed by atoms with Crippen LogP contribution in [0, 0.1) is 0 Å². The molecule has 1 heterocycles. The molecule has 0 fully saturated rings. The van der Waals surface area contributed by atoms with E-state index in [1.54, 1.807) is 0 Å². The van der Waals surface area contributed by atoms with Crippen molar-refractivity contribution in [2.75, 3.05) is 23.9 Å². The number of fused-ring (bicyclic) bond motifs is 1. The topological polar surface area (TPSA) is 32.3 Å². The van der Waals surface area contributed by atoms with Crippen LogP contribution in [-0.2, 0) is 0 Å². The second-order valence-electron chi connectivity index (χ2n) is 6.15. The maximum atomic E-state index is 4.89. The summed E-state index contributed by atoms with van der Waals surface area (Å²) in [5.74, 6) is 1.56. The Balaban J connectivity index is 0.00000210. The van der Waals surface area contributed by atoms with Crippen molar-refractivity contribution in [1.29, 1.82) is 0 Å². The minimum Gasteiger partial charge on any atom is -0.329 e. The lowest BCUT2D eigenvalue weighted by atomic mass is 10.2. The third-order valence-electron chi connectivity index (χ3n) is 4.48. The van der Waals surface area contributed by atoms with Crippen LogP contribution in [0.25, 0.3) is 10.9 Å². The Morgan fingerprint density at radius 1 is 0.593 bits per heavy atom. The van der Waals surface area contributed by atoms with E-state index in [1.807, 2.05) is 73.6 Å². The summed E-state index contributed by atoms with van der Waals surface area (Å²) in [6.07, 6.45) is 0. The van der Waals surface area contributed by atoms with Gasteiger partial charge >= 0.3 is 0 Å². The zero-order chi connectivity index (χ0) is 17.9. The van der Waals surface area contributed by atoms with Crippen LogP contribution >= 0.6 is 12.4 Å². The van der Waals surface area contributed by atoms with Crippen molar-refractivity contribution >= 4 is 46.5 Å². The average molecular weight is 377 g/mol. The summed E-state index contributed by atoms with van der Waals surface area (Å²) in [5, 5.41) is 1.03. The fourth-order valence-corrected chi connectivity index (χ4v) is 2.99. The molecule has 0 N–H and O–H groups in total. The van der Waals surface area contributed by atoms with E-state index in [9.17, 15) is 0 Å². The molecule has 0 radical (unpaired) electrons. The van der Waals surface area contributed by atoms with Crippen molar-refractivity contribution in [3.8, 4) is 0 Å². The van der Waals surface area contributed by atoms with Crippen LogP contribution in [0.2, 0.25) is 0 Å². The van der Waals surface area contributed by atoms with Gasteiger partial charge in [-0.05, 0) is 36.4 Å². The Hall–Kier alpha value is -3.11. The first-order valence-electron chi connectivity index (χ1n) is 8.58. The molecule has 0 spiro atoms. The highest BCUT2D eigenvalue weighted by atomic mass is 35.5. The predicted octanol–water partition coefficient (Wildman–Crippen LogP) is 5.59. The highest BCUT2D eigenvalue weighted by Crippen LogP contribution is 2.31. The number of aromatic nitrogens is 2. The Bertz CT molecular complexity index is 1020. The summed E-state index contributed by atoms with van der Waals surface area (Å²) < 4.78 is 0. The second kappa shape index (κ2) is 8.06. The normalized spacial score (nSPS) is 10.3. The molecule has 0 aliphatic heterocycles. The van der Waals surface area contributed by atoms with Gasteiger partial charge in [-0.15, -0.1) is 12.4 Å². The minimum atomic E-state index is 0. The Labute approximate surface area is 165 Å². The molecule has 4 nitrogen and oxygen atoms in total. The molecule has 0 bridgehead atoms. The highest BCUT2D eigenvalue weighted by molar-refractivity contribution is 5.92. The van der Waals surface area contributed by atoms with Crippen LogP contribution in [0.3, 0.4) is 0 Å². The van der Waals surface area contributed by atoms with Crippen molar-refractivity contribution in [3.63, 3.8) is 0 Å². The maximum Gasteiger partial charge on any atom is 0.232 e. The summed E-state index contributed by atoms with van der Waals surface area (Å²) >= 11 is 0. The molecule has 0 saturated heterocycles. The maximum absolute atomic E-state index is 4.89. The number of anilines is 4. The number of rotatable bonds is 4. The van der Waals surface area contributed by atoms with E-state index in [-0.39, 0.29) is 12.4 Å². The summed E-state index contributed by atoms with van der Waals surface area (Å²) in [6, 6.07) is 28.5. The van der Waals surface area contributed by atoms with Crippen LogP contribution in [-0.4, -0.2) is 24.1 Å². The van der Waals surface area contributed by atoms with Crippen molar-refractivity contribution in [3.05, 3.63) is 84.9 Å². The molecule has 136 valence electrons. The van der Waals surface area contributed by atoms with Gasteiger partial charge in [-0.1, -0.05) is 48.5 Å². The van der Waals surface area contributed by atoms with E-state index in [4.69, 9.17) is 9.97 Å². The van der Waals surface area contributed by atoms with E-state index < -0.39 is 0 Å². The molecule has 0 aliphatic carbocycles. The van der Waals surface area contributed by atoms with Crippen LogP contribution < -0.4 is 9.80 Å². The number of para-hydroxylation sites is 3. The number of hydrogen-bond donors (Lipinski definition) is 0. The number of nitrogens with zero attached hydrogens (tertiary/aromatic N) is 4. The molecule has 0 aliphatic rings. The number of halogens is 1. The summed E-state index contributed by atoms with van der Waals surface area (Å²) in [7, 11) is 4.03. The van der Waals surface area contributed by atoms with Gasteiger partial charge in [-0.25, -0.2) is 4.98 Å². The number of hydrogen-bond acceptors (Lipinski definition) is 4. The number of benzene rings is 3. The van der Waals surface area contributed by atoms with E-state index in [0.29, 0.717) is 5.95 Å². The minimum absolute atomic E-state index is 0. The fourth-order valence-electron chi connectivity index (χ4n) is 2.99. The van der Waals surface area contributed by atoms with Crippen LogP contribution in [0.4, 0.5) is 23.1 Å². The predicted molar refractivity (Wildman–Crippen MR) is 116 cm³/mol. The lowest BCUT2D eigenvalue weighted by Crippen LogP contribution is -2.17. The molecule has 0 amide bonds. The lowest BCUT2D eigenvalue weighted by molar-refractivity contribution is 1.04. The van der Waals surface area contributed by atoms with Gasteiger partial charge in [0.2, 0.25) is 5.95 Å². The molecule has 4 aromatic rings. The first-order chi connectivity index (χ1) is 12.7. The monoisotopic (exact) mass is 376 g/mol. The molecule has 0 unspecified atom stereocenters. The van der Waals surface area contributed by atoms with Crippen LogP contribution in [0.1, 0.15) is 0 Å². The van der Waals surface area contributed by atoms with Crippen molar-refractivity contribution in [2.45, 2.75) is 0 Å². The van der Waals surface area contributed by atoms with Gasteiger partial charge in [-0.2, -0.15) is 4.98 Å². The van der Waals surface area contributed by atoms with Crippen LogP contribution in [0.5, 0.6) is 0 Å². The van der Waals surface area contributed by atoms with Crippen LogP contribution in [0.15, 0.2) is 84.9 Å². The SMILES string of the molecule is CN(c1ccccc1)c1nc(N(C)c2ccccc2)c2ccccc2n1.Cl. The molecule has 27 heavy (non-hydrogen) atoms. The van der Waals surface area contributed by atoms with Gasteiger partial charge in [0.05, 0.1) is 5.52 Å². The average Bonchev–Trinajstić information content (AvgIpc) is 2.73. The second-order valence-corrected chi connectivity index (χ2v) is 6.15. The van der Waals surface area contributed by atoms with Gasteiger partial charge in [0.25, 0.3) is 0 Å². The molecular weight excluding hydrogens is 356 g/mol. The zero-order valence-electron chi connectivity index (χ0n) is 15.3. The van der Waals surface area contributed by atoms with E-state index in [2.05, 4.69) is 35.2 Å². The molecule has 4 rings (SSSR count). The van der Waals surface area contributed by atoms with Gasteiger partial charge in [0, 0.05) is 30.9 Å². The largest absolute Gasteiger partial charge is 0.329 e. The Morgan fingerprint density at radius 2 is 1.11 bits per heavy atom. The zero-order valence-corrected chi connectivity index (χ0v) is 16.1. The molecule has 5 heteroatoms. The first-order valence-corrected chi connectivity index (χ1v) is 8.58. The van der Waals surface area contributed by atoms with E-state index in [0.717, 1.165) is 28.1 Å². The molecule has 1 aromatic heterocycles. The first kappa shape index (κ1) is 18.7. The third kappa shape index (κ3) is 3.71. The smallest absolute Gasteiger partial charge is 0.232 e. The highest BCUT2D eigenvalue weighted by Gasteiger charge is 2.15. The Morgan fingerprint density at radius 3 is 1.74 bits per heavy atom. The lowest BCUT2D eigenvalue weighted by Gasteiger charge is -2.23. The molecular formula is C22H21ClN4.